The number of nitrogens with one attached hydrogen (secondary N) is 1. The molecule has 0 saturated heterocycles. The summed E-state index contributed by atoms with van der Waals surface area (Å²) < 4.78 is 19.3. The number of benzene rings is 2. The zero-order valence-corrected chi connectivity index (χ0v) is 22.1. The monoisotopic (exact) mass is 547 g/mol. The smallest absolute Gasteiger partial charge is 0.307 e. The van der Waals surface area contributed by atoms with Crippen molar-refractivity contribution in [2.75, 3.05) is 0 Å². The van der Waals surface area contributed by atoms with Gasteiger partial charge in [0.25, 0.3) is 0 Å². The lowest BCUT2D eigenvalue weighted by atomic mass is 10.2. The van der Waals surface area contributed by atoms with E-state index in [1.807, 2.05) is 24.3 Å². The molecule has 0 aliphatic heterocycles. The predicted octanol–water partition coefficient (Wildman–Crippen LogP) is 7.60. The van der Waals surface area contributed by atoms with E-state index in [2.05, 4.69) is 41.1 Å². The van der Waals surface area contributed by atoms with Gasteiger partial charge in [-0.1, -0.05) is 23.2 Å². The molecular formula is C29H23Cl2N3O4. The molecule has 2 aromatic carbocycles. The summed E-state index contributed by atoms with van der Waals surface area (Å²) in [5, 5.41) is 4.95. The Bertz CT molecular complexity index is 1590. The molecule has 3 heterocycles. The summed E-state index contributed by atoms with van der Waals surface area (Å²) in [6.07, 6.45) is 1.39. The summed E-state index contributed by atoms with van der Waals surface area (Å²) in [7, 11) is 0. The van der Waals surface area contributed by atoms with Crippen LogP contribution in [0.1, 0.15) is 33.5 Å². The first-order chi connectivity index (χ1) is 18.4. The molecule has 0 aliphatic carbocycles. The van der Waals surface area contributed by atoms with Crippen molar-refractivity contribution in [1.82, 2.24) is 9.99 Å². The Hall–Kier alpha value is -4.20. The van der Waals surface area contributed by atoms with Crippen molar-refractivity contribution >= 4 is 35.3 Å². The van der Waals surface area contributed by atoms with Crippen LogP contribution < -0.4 is 10.2 Å². The van der Waals surface area contributed by atoms with Crippen molar-refractivity contribution < 1.29 is 18.4 Å². The molecule has 0 unspecified atom stereocenters. The van der Waals surface area contributed by atoms with Crippen LogP contribution in [0.25, 0.3) is 17.0 Å². The molecule has 192 valence electrons. The molecule has 5 rings (SSSR count). The number of nitrogens with zero attached hydrogens (tertiary/aromatic N) is 2. The van der Waals surface area contributed by atoms with E-state index >= 15 is 0 Å². The fourth-order valence-electron chi connectivity index (χ4n) is 3.97. The zero-order chi connectivity index (χ0) is 26.6. The molecule has 0 radical (unpaired) electrons. The Labute approximate surface area is 229 Å². The second-order valence-corrected chi connectivity index (χ2v) is 9.37. The lowest BCUT2D eigenvalue weighted by molar-refractivity contribution is 0.0923. The first-order valence-electron chi connectivity index (χ1n) is 11.7. The van der Waals surface area contributed by atoms with Crippen molar-refractivity contribution in [3.8, 4) is 22.8 Å². The highest BCUT2D eigenvalue weighted by Gasteiger charge is 2.12. The lowest BCUT2D eigenvalue weighted by Gasteiger charge is -2.10. The number of halogens is 2. The highest BCUT2D eigenvalue weighted by Crippen LogP contribution is 2.31. The standard InChI is InChI=1S/C29H23Cl2N3O4/c1-18-3-4-19(2)34(18)21-6-8-22(9-7-21)36-17-24-11-14-28(38-24)29(35)33-32-16-23-10-13-27(37-23)25-12-5-20(30)15-26(25)31/h3-16H,17H2,1-2H3,(H,33,35)/b32-16+. The first kappa shape index (κ1) is 25.4. The average Bonchev–Trinajstić information content (AvgIpc) is 3.64. The van der Waals surface area contributed by atoms with Crippen molar-refractivity contribution in [2.24, 2.45) is 5.10 Å². The van der Waals surface area contributed by atoms with E-state index in [1.165, 1.54) is 17.6 Å². The molecule has 3 aromatic heterocycles. The van der Waals surface area contributed by atoms with Crippen LogP contribution in [-0.4, -0.2) is 16.7 Å². The summed E-state index contributed by atoms with van der Waals surface area (Å²) >= 11 is 12.2. The zero-order valence-electron chi connectivity index (χ0n) is 20.6. The first-order valence-corrected chi connectivity index (χ1v) is 12.5. The number of aryl methyl sites for hydroxylation is 2. The van der Waals surface area contributed by atoms with Gasteiger partial charge in [-0.2, -0.15) is 5.10 Å². The van der Waals surface area contributed by atoms with E-state index in [1.54, 1.807) is 42.5 Å². The number of rotatable bonds is 8. The Morgan fingerprint density at radius 3 is 2.45 bits per heavy atom. The van der Waals surface area contributed by atoms with Gasteiger partial charge in [0, 0.05) is 27.7 Å². The molecule has 38 heavy (non-hydrogen) atoms. The summed E-state index contributed by atoms with van der Waals surface area (Å²) in [6, 6.07) is 23.8. The van der Waals surface area contributed by atoms with Crippen molar-refractivity contribution in [3.63, 3.8) is 0 Å². The predicted molar refractivity (Wildman–Crippen MR) is 148 cm³/mol. The molecule has 1 amide bonds. The molecule has 0 saturated carbocycles. The SMILES string of the molecule is Cc1ccc(C)n1-c1ccc(OCc2ccc(C(=O)N/N=C/c3ccc(-c4ccc(Cl)cc4Cl)o3)o2)cc1. The third kappa shape index (κ3) is 5.69. The molecule has 0 fully saturated rings. The van der Waals surface area contributed by atoms with Crippen molar-refractivity contribution in [1.29, 1.82) is 0 Å². The van der Waals surface area contributed by atoms with Crippen molar-refractivity contribution in [2.45, 2.75) is 20.5 Å². The molecular weight excluding hydrogens is 525 g/mol. The minimum absolute atomic E-state index is 0.114. The number of amides is 1. The molecule has 0 atom stereocenters. The van der Waals surface area contributed by atoms with Gasteiger partial charge in [-0.25, -0.2) is 5.43 Å². The van der Waals surface area contributed by atoms with Gasteiger partial charge in [-0.3, -0.25) is 4.79 Å². The number of hydrogen-bond donors (Lipinski definition) is 1. The van der Waals surface area contributed by atoms with Crippen LogP contribution in [0.2, 0.25) is 10.0 Å². The number of aromatic nitrogens is 1. The van der Waals surface area contributed by atoms with Crippen LogP contribution in [0.5, 0.6) is 5.75 Å². The van der Waals surface area contributed by atoms with Crippen LogP contribution in [0.4, 0.5) is 0 Å². The minimum Gasteiger partial charge on any atom is -0.486 e. The quantitative estimate of drug-likeness (QED) is 0.160. The fraction of sp³-hybridized carbons (Fsp3) is 0.103. The maximum atomic E-state index is 12.4. The number of hydrazone groups is 1. The van der Waals surface area contributed by atoms with Crippen LogP contribution in [0, 0.1) is 13.8 Å². The van der Waals surface area contributed by atoms with Gasteiger partial charge < -0.3 is 18.1 Å². The third-order valence-corrected chi connectivity index (χ3v) is 6.36. The number of ether oxygens (including phenoxy) is 1. The van der Waals surface area contributed by atoms with Crippen LogP contribution in [0.3, 0.4) is 0 Å². The highest BCUT2D eigenvalue weighted by atomic mass is 35.5. The second-order valence-electron chi connectivity index (χ2n) is 8.53. The highest BCUT2D eigenvalue weighted by molar-refractivity contribution is 6.36. The van der Waals surface area contributed by atoms with E-state index in [0.29, 0.717) is 38.6 Å². The minimum atomic E-state index is -0.498. The second kappa shape index (κ2) is 11.0. The van der Waals surface area contributed by atoms with Gasteiger partial charge in [0.15, 0.2) is 5.76 Å². The van der Waals surface area contributed by atoms with Crippen LogP contribution in [0.15, 0.2) is 92.8 Å². The summed E-state index contributed by atoms with van der Waals surface area (Å²) in [5.41, 5.74) is 6.52. The molecule has 5 aromatic rings. The average molecular weight is 548 g/mol. The Kier molecular flexibility index (Phi) is 7.40. The normalized spacial score (nSPS) is 11.3. The van der Waals surface area contributed by atoms with E-state index in [9.17, 15) is 4.79 Å². The summed E-state index contributed by atoms with van der Waals surface area (Å²) in [4.78, 5) is 12.4. The number of carbonyl (C=O) groups excluding carboxylic acids is 1. The van der Waals surface area contributed by atoms with Crippen LogP contribution in [-0.2, 0) is 6.61 Å². The molecule has 9 heteroatoms. The lowest BCUT2D eigenvalue weighted by Crippen LogP contribution is -2.16. The van der Waals surface area contributed by atoms with Gasteiger partial charge in [0.05, 0.1) is 11.2 Å². The maximum absolute atomic E-state index is 12.4. The molecule has 0 bridgehead atoms. The molecule has 0 spiro atoms. The Morgan fingerprint density at radius 2 is 1.71 bits per heavy atom. The van der Waals surface area contributed by atoms with E-state index in [4.69, 9.17) is 36.8 Å². The summed E-state index contributed by atoms with van der Waals surface area (Å²) in [6.45, 7) is 4.32. The molecule has 1 N–H and O–H groups in total. The van der Waals surface area contributed by atoms with E-state index in [-0.39, 0.29) is 12.4 Å². The van der Waals surface area contributed by atoms with Crippen molar-refractivity contribution in [3.05, 3.63) is 118 Å². The molecule has 0 aliphatic rings. The largest absolute Gasteiger partial charge is 0.486 e. The van der Waals surface area contributed by atoms with Gasteiger partial charge in [-0.15, -0.1) is 0 Å². The third-order valence-electron chi connectivity index (χ3n) is 5.81. The number of carbonyl (C=O) groups is 1. The topological polar surface area (TPSA) is 81.9 Å². The fourth-order valence-corrected chi connectivity index (χ4v) is 4.47. The van der Waals surface area contributed by atoms with E-state index < -0.39 is 5.91 Å². The van der Waals surface area contributed by atoms with Gasteiger partial charge >= 0.3 is 5.91 Å². The Balaban J connectivity index is 1.14. The molecule has 7 nitrogen and oxygen atoms in total. The summed E-state index contributed by atoms with van der Waals surface area (Å²) in [5.74, 6) is 1.81. The van der Waals surface area contributed by atoms with Gasteiger partial charge in [-0.05, 0) is 92.7 Å². The van der Waals surface area contributed by atoms with Gasteiger partial charge in [0.1, 0.15) is 29.6 Å². The number of hydrogen-bond acceptors (Lipinski definition) is 5. The maximum Gasteiger partial charge on any atom is 0.307 e. The van der Waals surface area contributed by atoms with Crippen LogP contribution >= 0.6 is 23.2 Å². The number of furan rings is 2. The Morgan fingerprint density at radius 1 is 0.947 bits per heavy atom. The van der Waals surface area contributed by atoms with E-state index in [0.717, 1.165) is 5.69 Å². The van der Waals surface area contributed by atoms with Gasteiger partial charge in [0.2, 0.25) is 0 Å².